The second-order valence-electron chi connectivity index (χ2n) is 3.34. The summed E-state index contributed by atoms with van der Waals surface area (Å²) in [5.74, 6) is 0. The molecule has 0 heterocycles. The molecule has 0 radical (unpaired) electrons. The molecule has 5 N–H and O–H groups in total. The van der Waals surface area contributed by atoms with Crippen LogP contribution >= 0.6 is 11.6 Å². The van der Waals surface area contributed by atoms with E-state index < -0.39 is 29.3 Å². The highest BCUT2D eigenvalue weighted by Gasteiger charge is 2.24. The molecule has 0 aliphatic rings. The lowest BCUT2D eigenvalue weighted by atomic mass is 10.3. The number of rotatable bonds is 5. The maximum Gasteiger partial charge on any atom is 0.244 e. The highest BCUT2D eigenvalue weighted by Crippen LogP contribution is 2.26. The second kappa shape index (κ2) is 5.65. The quantitative estimate of drug-likeness (QED) is 0.546. The zero-order valence-electron chi connectivity index (χ0n) is 8.80. The lowest BCUT2D eigenvalue weighted by Crippen LogP contribution is -2.40. The summed E-state index contributed by atoms with van der Waals surface area (Å²) in [6.07, 6.45) is 0. The maximum atomic E-state index is 11.9. The molecule has 0 saturated carbocycles. The topological polar surface area (TPSA) is 113 Å². The number of benzene rings is 1. The van der Waals surface area contributed by atoms with Crippen molar-refractivity contribution in [2.75, 3.05) is 18.9 Å². The molecule has 1 aromatic carbocycles. The molecule has 0 bridgehead atoms. The minimum Gasteiger partial charge on any atom is -0.398 e. The average molecular weight is 281 g/mol. The Balaban J connectivity index is 3.14. The summed E-state index contributed by atoms with van der Waals surface area (Å²) in [6.45, 7) is -1.06. The average Bonchev–Trinajstić information content (AvgIpc) is 2.25. The number of nitrogens with two attached hydrogens (primary N) is 1. The predicted octanol–water partition coefficient (Wildman–Crippen LogP) is -0.446. The Hall–Kier alpha value is -0.860. The molecule has 17 heavy (non-hydrogen) atoms. The number of sulfonamides is 1. The largest absolute Gasteiger partial charge is 0.398 e. The first kappa shape index (κ1) is 14.2. The van der Waals surface area contributed by atoms with Gasteiger partial charge in [-0.15, -0.1) is 0 Å². The highest BCUT2D eigenvalue weighted by molar-refractivity contribution is 7.89. The molecule has 8 heteroatoms. The fraction of sp³-hybridized carbons (Fsp3) is 0.333. The van der Waals surface area contributed by atoms with Crippen LogP contribution < -0.4 is 10.5 Å². The van der Waals surface area contributed by atoms with Crippen molar-refractivity contribution in [3.8, 4) is 0 Å². The Morgan fingerprint density at radius 3 is 2.41 bits per heavy atom. The van der Waals surface area contributed by atoms with Gasteiger partial charge in [-0.3, -0.25) is 0 Å². The summed E-state index contributed by atoms with van der Waals surface area (Å²) in [4.78, 5) is -0.256. The van der Waals surface area contributed by atoms with Gasteiger partial charge in [0.1, 0.15) is 4.90 Å². The van der Waals surface area contributed by atoms with Gasteiger partial charge in [-0.2, -0.15) is 0 Å². The lowest BCUT2D eigenvalue weighted by Gasteiger charge is -2.15. The van der Waals surface area contributed by atoms with E-state index in [0.717, 1.165) is 0 Å². The van der Waals surface area contributed by atoms with E-state index >= 15 is 0 Å². The smallest absolute Gasteiger partial charge is 0.244 e. The predicted molar refractivity (Wildman–Crippen MR) is 64.1 cm³/mol. The molecule has 0 unspecified atom stereocenters. The van der Waals surface area contributed by atoms with Crippen LogP contribution in [-0.2, 0) is 10.0 Å². The number of nitrogens with one attached hydrogen (secondary N) is 1. The van der Waals surface area contributed by atoms with Crippen LogP contribution in [0.25, 0.3) is 0 Å². The number of halogens is 1. The van der Waals surface area contributed by atoms with Gasteiger partial charge in [0.25, 0.3) is 0 Å². The fourth-order valence-corrected chi connectivity index (χ4v) is 3.12. The van der Waals surface area contributed by atoms with Gasteiger partial charge in [0, 0.05) is 0 Å². The summed E-state index contributed by atoms with van der Waals surface area (Å²) in [5.41, 5.74) is 5.54. The van der Waals surface area contributed by atoms with Gasteiger partial charge in [-0.1, -0.05) is 17.7 Å². The van der Waals surface area contributed by atoms with Crippen molar-refractivity contribution < 1.29 is 18.6 Å². The molecule has 0 spiro atoms. The van der Waals surface area contributed by atoms with Crippen molar-refractivity contribution in [2.24, 2.45) is 0 Å². The summed E-state index contributed by atoms with van der Waals surface area (Å²) < 4.78 is 25.9. The summed E-state index contributed by atoms with van der Waals surface area (Å²) in [7, 11) is -3.97. The van der Waals surface area contributed by atoms with Crippen LogP contribution in [0.15, 0.2) is 23.1 Å². The first-order chi connectivity index (χ1) is 7.92. The van der Waals surface area contributed by atoms with Gasteiger partial charge >= 0.3 is 0 Å². The van der Waals surface area contributed by atoms with Crippen LogP contribution in [0.3, 0.4) is 0 Å². The van der Waals surface area contributed by atoms with E-state index in [1.54, 1.807) is 0 Å². The number of hydrogen-bond acceptors (Lipinski definition) is 5. The van der Waals surface area contributed by atoms with Gasteiger partial charge in [0.2, 0.25) is 10.0 Å². The van der Waals surface area contributed by atoms with Gasteiger partial charge in [-0.25, -0.2) is 13.1 Å². The first-order valence-electron chi connectivity index (χ1n) is 4.70. The summed E-state index contributed by atoms with van der Waals surface area (Å²) >= 11 is 5.76. The lowest BCUT2D eigenvalue weighted by molar-refractivity contribution is 0.185. The van der Waals surface area contributed by atoms with Crippen LogP contribution in [0, 0.1) is 0 Å². The molecule has 0 amide bonds. The number of nitrogen functional groups attached to an aromatic ring is 1. The standard InChI is InChI=1S/C9H13ClN2O4S/c10-7-2-1-3-8(11)9(7)17(15,16)12-6(4-13)5-14/h1-3,6,12-14H,4-5,11H2. The van der Waals surface area contributed by atoms with Crippen molar-refractivity contribution >= 4 is 27.3 Å². The molecule has 96 valence electrons. The van der Waals surface area contributed by atoms with E-state index in [4.69, 9.17) is 27.5 Å². The molecule has 0 fully saturated rings. The number of hydrogen-bond donors (Lipinski definition) is 4. The van der Waals surface area contributed by atoms with Crippen molar-refractivity contribution in [3.63, 3.8) is 0 Å². The van der Waals surface area contributed by atoms with E-state index in [9.17, 15) is 8.42 Å². The zero-order chi connectivity index (χ0) is 13.1. The van der Waals surface area contributed by atoms with Gasteiger partial charge in [-0.05, 0) is 12.1 Å². The first-order valence-corrected chi connectivity index (χ1v) is 6.56. The third-order valence-electron chi connectivity index (χ3n) is 2.03. The molecular weight excluding hydrogens is 268 g/mol. The fourth-order valence-electron chi connectivity index (χ4n) is 1.22. The molecule has 0 aliphatic heterocycles. The molecular formula is C9H13ClN2O4S. The maximum absolute atomic E-state index is 11.9. The van der Waals surface area contributed by atoms with Crippen LogP contribution in [0.1, 0.15) is 0 Å². The summed E-state index contributed by atoms with van der Waals surface area (Å²) in [5, 5.41) is 17.6. The Bertz CT molecular complexity index is 468. The Labute approximate surface area is 104 Å². The minimum absolute atomic E-state index is 0.000343. The SMILES string of the molecule is Nc1cccc(Cl)c1S(=O)(=O)NC(CO)CO. The number of aliphatic hydroxyl groups is 2. The van der Waals surface area contributed by atoms with Crippen molar-refractivity contribution in [1.29, 1.82) is 0 Å². The van der Waals surface area contributed by atoms with Gasteiger partial charge in [0.05, 0.1) is 30.0 Å². The Morgan fingerprint density at radius 2 is 1.94 bits per heavy atom. The molecule has 0 aliphatic carbocycles. The van der Waals surface area contributed by atoms with E-state index in [2.05, 4.69) is 4.72 Å². The van der Waals surface area contributed by atoms with Crippen LogP contribution in [0.4, 0.5) is 5.69 Å². The number of anilines is 1. The van der Waals surface area contributed by atoms with E-state index in [1.807, 2.05) is 0 Å². The highest BCUT2D eigenvalue weighted by atomic mass is 35.5. The van der Waals surface area contributed by atoms with Crippen molar-refractivity contribution in [1.82, 2.24) is 4.72 Å². The van der Waals surface area contributed by atoms with Gasteiger partial charge in [0.15, 0.2) is 0 Å². The second-order valence-corrected chi connectivity index (χ2v) is 5.40. The van der Waals surface area contributed by atoms with Crippen LogP contribution in [0.5, 0.6) is 0 Å². The van der Waals surface area contributed by atoms with Crippen molar-refractivity contribution in [2.45, 2.75) is 10.9 Å². The normalized spacial score (nSPS) is 12.0. The molecule has 1 aromatic rings. The van der Waals surface area contributed by atoms with Crippen LogP contribution in [0.2, 0.25) is 5.02 Å². The van der Waals surface area contributed by atoms with E-state index in [-0.39, 0.29) is 15.6 Å². The monoisotopic (exact) mass is 280 g/mol. The van der Waals surface area contributed by atoms with E-state index in [0.29, 0.717) is 0 Å². The molecule has 0 aromatic heterocycles. The zero-order valence-corrected chi connectivity index (χ0v) is 10.4. The minimum atomic E-state index is -3.97. The van der Waals surface area contributed by atoms with Crippen LogP contribution in [-0.4, -0.2) is 37.9 Å². The van der Waals surface area contributed by atoms with Crippen molar-refractivity contribution in [3.05, 3.63) is 23.2 Å². The molecule has 0 saturated heterocycles. The summed E-state index contributed by atoms with van der Waals surface area (Å²) in [6, 6.07) is 3.31. The molecule has 0 atom stereocenters. The Morgan fingerprint density at radius 1 is 1.35 bits per heavy atom. The third kappa shape index (κ3) is 3.30. The van der Waals surface area contributed by atoms with E-state index in [1.165, 1.54) is 18.2 Å². The molecule has 1 rings (SSSR count). The third-order valence-corrected chi connectivity index (χ3v) is 4.09. The Kier molecular flexibility index (Phi) is 4.72. The van der Waals surface area contributed by atoms with Gasteiger partial charge < -0.3 is 15.9 Å². The molecule has 6 nitrogen and oxygen atoms in total. The number of aliphatic hydroxyl groups excluding tert-OH is 2.